The SMILES string of the molecule is COc1ccccc1OCc1cn2ccc(C(=O)O)cc2n1. The van der Waals surface area contributed by atoms with E-state index >= 15 is 0 Å². The average Bonchev–Trinajstić information content (AvgIpc) is 2.95. The van der Waals surface area contributed by atoms with E-state index in [2.05, 4.69) is 4.98 Å². The lowest BCUT2D eigenvalue weighted by Gasteiger charge is -2.08. The van der Waals surface area contributed by atoms with Gasteiger partial charge >= 0.3 is 5.97 Å². The van der Waals surface area contributed by atoms with E-state index < -0.39 is 5.97 Å². The van der Waals surface area contributed by atoms with Gasteiger partial charge in [-0.1, -0.05) is 12.1 Å². The topological polar surface area (TPSA) is 73.1 Å². The molecule has 3 rings (SSSR count). The predicted octanol–water partition coefficient (Wildman–Crippen LogP) is 2.62. The van der Waals surface area contributed by atoms with Crippen molar-refractivity contribution in [3.05, 3.63) is 60.0 Å². The number of nitrogens with zero attached hydrogens (tertiary/aromatic N) is 2. The molecule has 1 aromatic carbocycles. The molecule has 2 heterocycles. The van der Waals surface area contributed by atoms with Gasteiger partial charge in [0.05, 0.1) is 18.4 Å². The lowest BCUT2D eigenvalue weighted by atomic mass is 10.3. The van der Waals surface area contributed by atoms with Crippen molar-refractivity contribution in [3.8, 4) is 11.5 Å². The Labute approximate surface area is 126 Å². The maximum atomic E-state index is 11.0. The summed E-state index contributed by atoms with van der Waals surface area (Å²) in [6.45, 7) is 0.268. The molecule has 0 aliphatic rings. The molecule has 0 fully saturated rings. The van der Waals surface area contributed by atoms with Gasteiger partial charge in [-0.05, 0) is 24.3 Å². The lowest BCUT2D eigenvalue weighted by molar-refractivity contribution is 0.0697. The molecule has 0 radical (unpaired) electrons. The van der Waals surface area contributed by atoms with Gasteiger partial charge in [-0.15, -0.1) is 0 Å². The predicted molar refractivity (Wildman–Crippen MR) is 79.5 cm³/mol. The molecule has 0 aliphatic heterocycles. The van der Waals surface area contributed by atoms with Crippen molar-refractivity contribution >= 4 is 11.6 Å². The van der Waals surface area contributed by atoms with E-state index in [1.807, 2.05) is 24.3 Å². The molecule has 1 N–H and O–H groups in total. The molecular weight excluding hydrogens is 284 g/mol. The number of hydrogen-bond donors (Lipinski definition) is 1. The zero-order valence-electron chi connectivity index (χ0n) is 11.9. The number of methoxy groups -OCH3 is 1. The summed E-state index contributed by atoms with van der Waals surface area (Å²) in [5.41, 5.74) is 1.47. The van der Waals surface area contributed by atoms with Crippen LogP contribution in [0.1, 0.15) is 16.1 Å². The summed E-state index contributed by atoms with van der Waals surface area (Å²) in [5, 5.41) is 8.99. The zero-order valence-corrected chi connectivity index (χ0v) is 11.9. The Bertz CT molecular complexity index is 826. The van der Waals surface area contributed by atoms with Crippen LogP contribution in [0.15, 0.2) is 48.8 Å². The number of hydrogen-bond acceptors (Lipinski definition) is 4. The van der Waals surface area contributed by atoms with Gasteiger partial charge in [0, 0.05) is 12.4 Å². The third kappa shape index (κ3) is 2.71. The van der Waals surface area contributed by atoms with Gasteiger partial charge in [-0.3, -0.25) is 0 Å². The molecule has 6 heteroatoms. The molecule has 112 valence electrons. The Balaban J connectivity index is 1.81. The highest BCUT2D eigenvalue weighted by atomic mass is 16.5. The summed E-state index contributed by atoms with van der Waals surface area (Å²) in [4.78, 5) is 15.3. The van der Waals surface area contributed by atoms with Crippen LogP contribution in [0, 0.1) is 0 Å². The van der Waals surface area contributed by atoms with E-state index in [9.17, 15) is 4.79 Å². The summed E-state index contributed by atoms with van der Waals surface area (Å²) >= 11 is 0. The molecule has 3 aromatic rings. The molecule has 0 unspecified atom stereocenters. The minimum absolute atomic E-state index is 0.204. The molecule has 2 aromatic heterocycles. The minimum atomic E-state index is -0.975. The number of carbonyl (C=O) groups is 1. The number of benzene rings is 1. The molecule has 0 saturated carbocycles. The zero-order chi connectivity index (χ0) is 15.5. The summed E-state index contributed by atoms with van der Waals surface area (Å²) in [6.07, 6.45) is 3.47. The number of ether oxygens (including phenoxy) is 2. The van der Waals surface area contributed by atoms with Gasteiger partial charge in [0.1, 0.15) is 12.3 Å². The molecule has 0 amide bonds. The molecule has 0 saturated heterocycles. The Morgan fingerprint density at radius 2 is 2.05 bits per heavy atom. The van der Waals surface area contributed by atoms with Gasteiger partial charge in [0.15, 0.2) is 11.5 Å². The van der Waals surface area contributed by atoms with E-state index in [0.717, 1.165) is 0 Å². The normalized spacial score (nSPS) is 10.6. The van der Waals surface area contributed by atoms with Gasteiger partial charge in [-0.25, -0.2) is 9.78 Å². The number of rotatable bonds is 5. The van der Waals surface area contributed by atoms with Crippen LogP contribution in [-0.4, -0.2) is 27.6 Å². The number of imidazole rings is 1. The van der Waals surface area contributed by atoms with Crippen LogP contribution in [0.3, 0.4) is 0 Å². The van der Waals surface area contributed by atoms with Crippen molar-refractivity contribution in [3.63, 3.8) is 0 Å². The second kappa shape index (κ2) is 5.77. The van der Waals surface area contributed by atoms with Crippen molar-refractivity contribution < 1.29 is 19.4 Å². The van der Waals surface area contributed by atoms with Gasteiger partial charge < -0.3 is 19.0 Å². The second-order valence-electron chi connectivity index (χ2n) is 4.66. The third-order valence-corrected chi connectivity index (χ3v) is 3.20. The number of aromatic nitrogens is 2. The smallest absolute Gasteiger partial charge is 0.335 e. The van der Waals surface area contributed by atoms with E-state index in [4.69, 9.17) is 14.6 Å². The quantitative estimate of drug-likeness (QED) is 0.784. The van der Waals surface area contributed by atoms with Crippen LogP contribution in [-0.2, 0) is 6.61 Å². The Morgan fingerprint density at radius 3 is 2.77 bits per heavy atom. The summed E-state index contributed by atoms with van der Waals surface area (Å²) in [6, 6.07) is 10.4. The molecule has 0 aliphatic carbocycles. The first-order valence-electron chi connectivity index (χ1n) is 6.64. The van der Waals surface area contributed by atoms with Gasteiger partial charge in [0.2, 0.25) is 0 Å². The number of para-hydroxylation sites is 2. The van der Waals surface area contributed by atoms with E-state index in [0.29, 0.717) is 22.8 Å². The van der Waals surface area contributed by atoms with Crippen LogP contribution >= 0.6 is 0 Å². The molecule has 22 heavy (non-hydrogen) atoms. The fraction of sp³-hybridized carbons (Fsp3) is 0.125. The van der Waals surface area contributed by atoms with Crippen molar-refractivity contribution in [2.75, 3.05) is 7.11 Å². The maximum Gasteiger partial charge on any atom is 0.335 e. The molecular formula is C16H14N2O4. The second-order valence-corrected chi connectivity index (χ2v) is 4.66. The standard InChI is InChI=1S/C16H14N2O4/c1-21-13-4-2-3-5-14(13)22-10-12-9-18-7-6-11(16(19)20)8-15(18)17-12/h2-9H,10H2,1H3,(H,19,20). The lowest BCUT2D eigenvalue weighted by Crippen LogP contribution is -1.97. The fourth-order valence-electron chi connectivity index (χ4n) is 2.13. The average molecular weight is 298 g/mol. The van der Waals surface area contributed by atoms with Crippen molar-refractivity contribution in [1.29, 1.82) is 0 Å². The highest BCUT2D eigenvalue weighted by Gasteiger charge is 2.08. The highest BCUT2D eigenvalue weighted by molar-refractivity contribution is 5.88. The number of carboxylic acids is 1. The number of pyridine rings is 1. The third-order valence-electron chi connectivity index (χ3n) is 3.20. The molecule has 0 atom stereocenters. The van der Waals surface area contributed by atoms with E-state index in [1.54, 1.807) is 23.9 Å². The summed E-state index contributed by atoms with van der Waals surface area (Å²) in [5.74, 6) is 0.310. The van der Waals surface area contributed by atoms with Crippen LogP contribution in [0.2, 0.25) is 0 Å². The van der Waals surface area contributed by atoms with Crippen LogP contribution in [0.25, 0.3) is 5.65 Å². The fourth-order valence-corrected chi connectivity index (χ4v) is 2.13. The van der Waals surface area contributed by atoms with Gasteiger partial charge in [0.25, 0.3) is 0 Å². The summed E-state index contributed by atoms with van der Waals surface area (Å²) < 4.78 is 12.7. The van der Waals surface area contributed by atoms with E-state index in [-0.39, 0.29) is 12.2 Å². The Kier molecular flexibility index (Phi) is 3.65. The van der Waals surface area contributed by atoms with Crippen molar-refractivity contribution in [2.24, 2.45) is 0 Å². The van der Waals surface area contributed by atoms with Crippen molar-refractivity contribution in [2.45, 2.75) is 6.61 Å². The Hall–Kier alpha value is -3.02. The number of fused-ring (bicyclic) bond motifs is 1. The van der Waals surface area contributed by atoms with Crippen LogP contribution in [0.4, 0.5) is 0 Å². The van der Waals surface area contributed by atoms with Gasteiger partial charge in [-0.2, -0.15) is 0 Å². The highest BCUT2D eigenvalue weighted by Crippen LogP contribution is 2.26. The molecule has 0 spiro atoms. The maximum absolute atomic E-state index is 11.0. The monoisotopic (exact) mass is 298 g/mol. The van der Waals surface area contributed by atoms with E-state index in [1.165, 1.54) is 12.1 Å². The minimum Gasteiger partial charge on any atom is -0.493 e. The molecule has 6 nitrogen and oxygen atoms in total. The summed E-state index contributed by atoms with van der Waals surface area (Å²) in [7, 11) is 1.58. The van der Waals surface area contributed by atoms with Crippen molar-refractivity contribution in [1.82, 2.24) is 9.38 Å². The number of carboxylic acid groups (broad SMARTS) is 1. The number of aromatic carboxylic acids is 1. The first-order valence-corrected chi connectivity index (χ1v) is 6.64. The molecule has 0 bridgehead atoms. The largest absolute Gasteiger partial charge is 0.493 e. The van der Waals surface area contributed by atoms with Crippen LogP contribution in [0.5, 0.6) is 11.5 Å². The first-order chi connectivity index (χ1) is 10.7. The Morgan fingerprint density at radius 1 is 1.27 bits per heavy atom. The van der Waals surface area contributed by atoms with Crippen LogP contribution < -0.4 is 9.47 Å². The first kappa shape index (κ1) is 13.9.